The van der Waals surface area contributed by atoms with Gasteiger partial charge in [-0.3, -0.25) is 0 Å². The lowest BCUT2D eigenvalue weighted by atomic mass is 9.87. The standard InChI is InChI=1S/C18H23NO/c1-19-13-14-6-9-17(10-7-14)20-18-11-8-15-4-2-3-5-16(15)12-18/h2-5,8,11-12,14,17,19H,6-7,9-10,13H2,1H3. The molecule has 0 aliphatic heterocycles. The highest BCUT2D eigenvalue weighted by atomic mass is 16.5. The SMILES string of the molecule is CNCC1CCC(Oc2ccc3ccccc3c2)CC1. The quantitative estimate of drug-likeness (QED) is 0.906. The Hall–Kier alpha value is -1.54. The highest BCUT2D eigenvalue weighted by Gasteiger charge is 2.21. The number of benzene rings is 2. The Morgan fingerprint density at radius 2 is 1.75 bits per heavy atom. The predicted molar refractivity (Wildman–Crippen MR) is 84.2 cm³/mol. The summed E-state index contributed by atoms with van der Waals surface area (Å²) in [4.78, 5) is 0. The molecule has 1 N–H and O–H groups in total. The van der Waals surface area contributed by atoms with E-state index < -0.39 is 0 Å². The molecule has 0 spiro atoms. The van der Waals surface area contributed by atoms with Gasteiger partial charge in [-0.1, -0.05) is 30.3 Å². The van der Waals surface area contributed by atoms with Crippen molar-refractivity contribution in [3.63, 3.8) is 0 Å². The number of hydrogen-bond acceptors (Lipinski definition) is 2. The average molecular weight is 269 g/mol. The van der Waals surface area contributed by atoms with Crippen LogP contribution in [0.3, 0.4) is 0 Å². The van der Waals surface area contributed by atoms with Gasteiger partial charge in [-0.15, -0.1) is 0 Å². The third-order valence-electron chi connectivity index (χ3n) is 4.31. The van der Waals surface area contributed by atoms with Gasteiger partial charge in [0.25, 0.3) is 0 Å². The Morgan fingerprint density at radius 1 is 1.00 bits per heavy atom. The van der Waals surface area contributed by atoms with Gasteiger partial charge in [0.05, 0.1) is 6.10 Å². The molecule has 2 aromatic rings. The van der Waals surface area contributed by atoms with Crippen molar-refractivity contribution in [1.29, 1.82) is 0 Å². The van der Waals surface area contributed by atoms with Crippen molar-refractivity contribution in [2.75, 3.05) is 13.6 Å². The molecule has 1 aliphatic rings. The summed E-state index contributed by atoms with van der Waals surface area (Å²) in [7, 11) is 2.04. The number of hydrogen-bond donors (Lipinski definition) is 1. The molecule has 1 aliphatic carbocycles. The molecule has 20 heavy (non-hydrogen) atoms. The van der Waals surface area contributed by atoms with Crippen LogP contribution in [0.4, 0.5) is 0 Å². The normalized spacial score (nSPS) is 22.9. The molecule has 2 nitrogen and oxygen atoms in total. The van der Waals surface area contributed by atoms with E-state index >= 15 is 0 Å². The van der Waals surface area contributed by atoms with Crippen LogP contribution in [0.25, 0.3) is 10.8 Å². The molecule has 0 saturated heterocycles. The van der Waals surface area contributed by atoms with E-state index in [1.54, 1.807) is 0 Å². The molecule has 0 bridgehead atoms. The van der Waals surface area contributed by atoms with Crippen LogP contribution in [0.15, 0.2) is 42.5 Å². The van der Waals surface area contributed by atoms with E-state index in [0.717, 1.165) is 18.2 Å². The van der Waals surface area contributed by atoms with E-state index in [9.17, 15) is 0 Å². The summed E-state index contributed by atoms with van der Waals surface area (Å²) in [5, 5.41) is 5.81. The monoisotopic (exact) mass is 269 g/mol. The van der Waals surface area contributed by atoms with Crippen molar-refractivity contribution in [3.8, 4) is 5.75 Å². The van der Waals surface area contributed by atoms with E-state index in [0.29, 0.717) is 6.10 Å². The van der Waals surface area contributed by atoms with Gasteiger partial charge in [0.15, 0.2) is 0 Å². The molecular weight excluding hydrogens is 246 g/mol. The minimum atomic E-state index is 0.393. The van der Waals surface area contributed by atoms with E-state index in [-0.39, 0.29) is 0 Å². The largest absolute Gasteiger partial charge is 0.490 e. The Balaban J connectivity index is 1.62. The minimum Gasteiger partial charge on any atom is -0.490 e. The molecule has 3 rings (SSSR count). The maximum Gasteiger partial charge on any atom is 0.120 e. The summed E-state index contributed by atoms with van der Waals surface area (Å²) in [6, 6.07) is 14.9. The smallest absolute Gasteiger partial charge is 0.120 e. The lowest BCUT2D eigenvalue weighted by Gasteiger charge is -2.29. The summed E-state index contributed by atoms with van der Waals surface area (Å²) in [6.07, 6.45) is 5.31. The topological polar surface area (TPSA) is 21.3 Å². The fraction of sp³-hybridized carbons (Fsp3) is 0.444. The van der Waals surface area contributed by atoms with Gasteiger partial charge in [-0.2, -0.15) is 0 Å². The van der Waals surface area contributed by atoms with Crippen molar-refractivity contribution in [1.82, 2.24) is 5.32 Å². The molecule has 2 aromatic carbocycles. The van der Waals surface area contributed by atoms with Crippen LogP contribution in [0.1, 0.15) is 25.7 Å². The summed E-state index contributed by atoms with van der Waals surface area (Å²) < 4.78 is 6.17. The van der Waals surface area contributed by atoms with Crippen LogP contribution < -0.4 is 10.1 Å². The van der Waals surface area contributed by atoms with Crippen molar-refractivity contribution in [2.24, 2.45) is 5.92 Å². The number of fused-ring (bicyclic) bond motifs is 1. The summed E-state index contributed by atoms with van der Waals surface area (Å²) in [6.45, 7) is 1.14. The molecule has 0 aromatic heterocycles. The predicted octanol–water partition coefficient (Wildman–Crippen LogP) is 4.00. The van der Waals surface area contributed by atoms with E-state index in [2.05, 4.69) is 47.8 Å². The van der Waals surface area contributed by atoms with Crippen LogP contribution in [-0.4, -0.2) is 19.7 Å². The highest BCUT2D eigenvalue weighted by molar-refractivity contribution is 5.83. The first kappa shape index (κ1) is 13.4. The molecule has 0 amide bonds. The first-order valence-corrected chi connectivity index (χ1v) is 7.65. The molecule has 106 valence electrons. The van der Waals surface area contributed by atoms with Gasteiger partial charge in [-0.05, 0) is 68.1 Å². The maximum absolute atomic E-state index is 6.17. The third-order valence-corrected chi connectivity index (χ3v) is 4.31. The van der Waals surface area contributed by atoms with Gasteiger partial charge in [0.1, 0.15) is 5.75 Å². The van der Waals surface area contributed by atoms with Crippen LogP contribution in [0, 0.1) is 5.92 Å². The second-order valence-corrected chi connectivity index (χ2v) is 5.83. The maximum atomic E-state index is 6.17. The minimum absolute atomic E-state index is 0.393. The van der Waals surface area contributed by atoms with Crippen molar-refractivity contribution >= 4 is 10.8 Å². The number of rotatable bonds is 4. The van der Waals surface area contributed by atoms with Crippen molar-refractivity contribution < 1.29 is 4.74 Å². The molecule has 1 fully saturated rings. The van der Waals surface area contributed by atoms with Crippen molar-refractivity contribution in [2.45, 2.75) is 31.8 Å². The third kappa shape index (κ3) is 3.13. The summed E-state index contributed by atoms with van der Waals surface area (Å²) in [5.74, 6) is 1.84. The molecule has 0 atom stereocenters. The van der Waals surface area contributed by atoms with E-state index in [4.69, 9.17) is 4.74 Å². The Labute approximate surface area is 121 Å². The lowest BCUT2D eigenvalue weighted by molar-refractivity contribution is 0.131. The lowest BCUT2D eigenvalue weighted by Crippen LogP contribution is -2.28. The fourth-order valence-corrected chi connectivity index (χ4v) is 3.18. The zero-order valence-corrected chi connectivity index (χ0v) is 12.1. The molecule has 2 heteroatoms. The highest BCUT2D eigenvalue weighted by Crippen LogP contribution is 2.28. The molecule has 0 radical (unpaired) electrons. The second-order valence-electron chi connectivity index (χ2n) is 5.83. The number of ether oxygens (including phenoxy) is 1. The Kier molecular flexibility index (Phi) is 4.22. The van der Waals surface area contributed by atoms with Gasteiger partial charge in [0.2, 0.25) is 0 Å². The van der Waals surface area contributed by atoms with E-state index in [1.807, 2.05) is 7.05 Å². The number of nitrogens with one attached hydrogen (secondary N) is 1. The first-order valence-electron chi connectivity index (χ1n) is 7.65. The second kappa shape index (κ2) is 6.27. The van der Waals surface area contributed by atoms with Gasteiger partial charge < -0.3 is 10.1 Å². The zero-order chi connectivity index (χ0) is 13.8. The summed E-state index contributed by atoms with van der Waals surface area (Å²) >= 11 is 0. The van der Waals surface area contributed by atoms with Crippen LogP contribution >= 0.6 is 0 Å². The Bertz CT molecular complexity index is 558. The first-order chi connectivity index (χ1) is 9.85. The Morgan fingerprint density at radius 3 is 2.50 bits per heavy atom. The molecular formula is C18H23NO. The van der Waals surface area contributed by atoms with Gasteiger partial charge in [0, 0.05) is 0 Å². The molecule has 0 unspecified atom stereocenters. The molecule has 0 heterocycles. The van der Waals surface area contributed by atoms with Crippen molar-refractivity contribution in [3.05, 3.63) is 42.5 Å². The van der Waals surface area contributed by atoms with Crippen LogP contribution in [0.2, 0.25) is 0 Å². The molecule has 1 saturated carbocycles. The average Bonchev–Trinajstić information content (AvgIpc) is 2.49. The summed E-state index contributed by atoms with van der Waals surface area (Å²) in [5.41, 5.74) is 0. The van der Waals surface area contributed by atoms with Crippen LogP contribution in [-0.2, 0) is 0 Å². The van der Waals surface area contributed by atoms with Gasteiger partial charge in [-0.25, -0.2) is 0 Å². The fourth-order valence-electron chi connectivity index (χ4n) is 3.18. The van der Waals surface area contributed by atoms with E-state index in [1.165, 1.54) is 36.5 Å². The van der Waals surface area contributed by atoms with Crippen LogP contribution in [0.5, 0.6) is 5.75 Å². The zero-order valence-electron chi connectivity index (χ0n) is 12.1. The van der Waals surface area contributed by atoms with Gasteiger partial charge >= 0.3 is 0 Å².